The normalized spacial score (nSPS) is 12.1. The summed E-state index contributed by atoms with van der Waals surface area (Å²) < 4.78 is 28.8. The molecule has 0 aliphatic rings. The molecule has 0 aromatic heterocycles. The van der Waals surface area contributed by atoms with Crippen molar-refractivity contribution in [1.82, 2.24) is 0 Å². The fourth-order valence-electron chi connectivity index (χ4n) is 0.873. The number of ether oxygens (including phenoxy) is 1. The van der Waals surface area contributed by atoms with Crippen LogP contribution in [0.5, 0.6) is 0 Å². The molecule has 1 unspecified atom stereocenters. The highest BCUT2D eigenvalue weighted by Crippen LogP contribution is 2.11. The van der Waals surface area contributed by atoms with Crippen molar-refractivity contribution in [2.75, 3.05) is 12.9 Å². The lowest BCUT2D eigenvalue weighted by molar-refractivity contribution is -0.137. The number of rotatable bonds is 3. The van der Waals surface area contributed by atoms with Crippen LogP contribution in [0.4, 0.5) is 4.39 Å². The summed E-state index contributed by atoms with van der Waals surface area (Å²) in [4.78, 5) is 10.8. The molecule has 14 heavy (non-hydrogen) atoms. The van der Waals surface area contributed by atoms with Gasteiger partial charge in [-0.2, -0.15) is 0 Å². The minimum atomic E-state index is -1.67. The zero-order valence-electron chi connectivity index (χ0n) is 7.53. The number of carbonyl (C=O) groups is 1. The van der Waals surface area contributed by atoms with Gasteiger partial charge in [-0.3, -0.25) is 9.00 Å². The van der Waals surface area contributed by atoms with Gasteiger partial charge in [-0.05, 0) is 12.1 Å². The summed E-state index contributed by atoms with van der Waals surface area (Å²) in [5.74, 6) is -1.52. The highest BCUT2D eigenvalue weighted by atomic mass is 32.2. The van der Waals surface area contributed by atoms with E-state index in [-0.39, 0.29) is 10.6 Å². The third-order valence-corrected chi connectivity index (χ3v) is 2.88. The number of methoxy groups -OCH3 is 1. The Morgan fingerprint density at radius 3 is 2.71 bits per heavy atom. The standard InChI is InChI=1S/C9H9FO3S/c1-13-9(11)6-14(12)8-5-3-2-4-7(8)10/h2-5H,6H2,1H3. The predicted octanol–water partition coefficient (Wildman–Crippen LogP) is 1.11. The zero-order valence-corrected chi connectivity index (χ0v) is 8.34. The molecule has 1 aromatic rings. The largest absolute Gasteiger partial charge is 0.468 e. The number of benzene rings is 1. The SMILES string of the molecule is COC(=O)CS(=O)c1ccccc1F. The molecule has 76 valence electrons. The average Bonchev–Trinajstić information content (AvgIpc) is 2.18. The molecule has 1 aromatic carbocycles. The number of halogens is 1. The molecule has 0 spiro atoms. The van der Waals surface area contributed by atoms with Crippen molar-refractivity contribution in [2.45, 2.75) is 4.90 Å². The Kier molecular flexibility index (Phi) is 3.76. The van der Waals surface area contributed by atoms with Gasteiger partial charge in [0.2, 0.25) is 0 Å². The summed E-state index contributed by atoms with van der Waals surface area (Å²) in [6.07, 6.45) is 0. The lowest BCUT2D eigenvalue weighted by Crippen LogP contribution is -2.12. The lowest BCUT2D eigenvalue weighted by Gasteiger charge is -2.01. The molecule has 1 rings (SSSR count). The molecular weight excluding hydrogens is 207 g/mol. The molecule has 0 amide bonds. The Labute approximate surface area is 83.3 Å². The molecule has 0 saturated heterocycles. The molecular formula is C9H9FO3S. The van der Waals surface area contributed by atoms with Crippen LogP contribution in [0.25, 0.3) is 0 Å². The first kappa shape index (κ1) is 10.8. The van der Waals surface area contributed by atoms with E-state index in [1.807, 2.05) is 0 Å². The van der Waals surface area contributed by atoms with Gasteiger partial charge in [-0.25, -0.2) is 4.39 Å². The summed E-state index contributed by atoms with van der Waals surface area (Å²) in [5.41, 5.74) is 0. The maximum absolute atomic E-state index is 13.0. The van der Waals surface area contributed by atoms with Crippen LogP contribution in [-0.4, -0.2) is 23.0 Å². The third-order valence-electron chi connectivity index (χ3n) is 1.56. The average molecular weight is 216 g/mol. The molecule has 0 bridgehead atoms. The second-order valence-electron chi connectivity index (χ2n) is 2.50. The molecule has 0 heterocycles. The van der Waals surface area contributed by atoms with Crippen molar-refractivity contribution in [3.63, 3.8) is 0 Å². The summed E-state index contributed by atoms with van der Waals surface area (Å²) in [7, 11) is -0.479. The molecule has 0 N–H and O–H groups in total. The molecule has 1 atom stereocenters. The van der Waals surface area contributed by atoms with Gasteiger partial charge in [0.1, 0.15) is 11.6 Å². The van der Waals surface area contributed by atoms with E-state index in [9.17, 15) is 13.4 Å². The van der Waals surface area contributed by atoms with Gasteiger partial charge >= 0.3 is 5.97 Å². The monoisotopic (exact) mass is 216 g/mol. The second kappa shape index (κ2) is 4.85. The summed E-state index contributed by atoms with van der Waals surface area (Å²) in [6.45, 7) is 0. The van der Waals surface area contributed by atoms with Crippen molar-refractivity contribution in [3.8, 4) is 0 Å². The van der Waals surface area contributed by atoms with Crippen molar-refractivity contribution in [2.24, 2.45) is 0 Å². The van der Waals surface area contributed by atoms with E-state index in [4.69, 9.17) is 0 Å². The van der Waals surface area contributed by atoms with E-state index in [0.717, 1.165) is 0 Å². The zero-order chi connectivity index (χ0) is 10.6. The molecule has 0 fully saturated rings. The maximum atomic E-state index is 13.0. The number of esters is 1. The van der Waals surface area contributed by atoms with Crippen molar-refractivity contribution in [3.05, 3.63) is 30.1 Å². The van der Waals surface area contributed by atoms with Crippen LogP contribution in [0, 0.1) is 5.82 Å². The van der Waals surface area contributed by atoms with Crippen molar-refractivity contribution >= 4 is 16.8 Å². The summed E-state index contributed by atoms with van der Waals surface area (Å²) >= 11 is 0. The van der Waals surface area contributed by atoms with Crippen LogP contribution in [0.3, 0.4) is 0 Å². The summed E-state index contributed by atoms with van der Waals surface area (Å²) in [6, 6.07) is 5.64. The number of hydrogen-bond acceptors (Lipinski definition) is 3. The van der Waals surface area contributed by atoms with Crippen LogP contribution in [-0.2, 0) is 20.3 Å². The van der Waals surface area contributed by atoms with E-state index in [1.165, 1.54) is 25.3 Å². The lowest BCUT2D eigenvalue weighted by atomic mass is 10.3. The van der Waals surface area contributed by atoms with Gasteiger partial charge in [0.15, 0.2) is 0 Å². The smallest absolute Gasteiger partial charge is 0.318 e. The topological polar surface area (TPSA) is 43.4 Å². The fraction of sp³-hybridized carbons (Fsp3) is 0.222. The quantitative estimate of drug-likeness (QED) is 0.711. The molecule has 0 saturated carbocycles. The first-order valence-electron chi connectivity index (χ1n) is 3.85. The van der Waals surface area contributed by atoms with E-state index >= 15 is 0 Å². The second-order valence-corrected chi connectivity index (χ2v) is 3.92. The number of carbonyl (C=O) groups excluding carboxylic acids is 1. The van der Waals surface area contributed by atoms with Gasteiger partial charge in [0.25, 0.3) is 0 Å². The molecule has 0 aliphatic carbocycles. The van der Waals surface area contributed by atoms with Gasteiger partial charge in [-0.15, -0.1) is 0 Å². The van der Waals surface area contributed by atoms with Crippen LogP contribution < -0.4 is 0 Å². The Balaban J connectivity index is 2.80. The third kappa shape index (κ3) is 2.63. The van der Waals surface area contributed by atoms with Crippen LogP contribution in [0.15, 0.2) is 29.2 Å². The molecule has 0 radical (unpaired) electrons. The fourth-order valence-corrected chi connectivity index (χ4v) is 1.88. The minimum absolute atomic E-state index is 0.0258. The Bertz CT molecular complexity index is 365. The van der Waals surface area contributed by atoms with Gasteiger partial charge in [0.05, 0.1) is 22.8 Å². The van der Waals surface area contributed by atoms with Crippen molar-refractivity contribution < 1.29 is 18.1 Å². The number of hydrogen-bond donors (Lipinski definition) is 0. The van der Waals surface area contributed by atoms with E-state index in [2.05, 4.69) is 4.74 Å². The molecule has 5 heteroatoms. The van der Waals surface area contributed by atoms with Gasteiger partial charge < -0.3 is 4.74 Å². The molecule has 3 nitrogen and oxygen atoms in total. The van der Waals surface area contributed by atoms with Gasteiger partial charge in [-0.1, -0.05) is 12.1 Å². The Hall–Kier alpha value is -1.23. The first-order chi connectivity index (χ1) is 6.65. The highest BCUT2D eigenvalue weighted by Gasteiger charge is 2.13. The maximum Gasteiger partial charge on any atom is 0.318 e. The van der Waals surface area contributed by atoms with Crippen molar-refractivity contribution in [1.29, 1.82) is 0 Å². The van der Waals surface area contributed by atoms with E-state index in [1.54, 1.807) is 6.07 Å². The Morgan fingerprint density at radius 2 is 2.14 bits per heavy atom. The van der Waals surface area contributed by atoms with E-state index in [0.29, 0.717) is 0 Å². The highest BCUT2D eigenvalue weighted by molar-refractivity contribution is 7.85. The Morgan fingerprint density at radius 1 is 1.50 bits per heavy atom. The first-order valence-corrected chi connectivity index (χ1v) is 5.16. The van der Waals surface area contributed by atoms with Crippen LogP contribution in [0.2, 0.25) is 0 Å². The molecule has 0 aliphatic heterocycles. The summed E-state index contributed by atoms with van der Waals surface area (Å²) in [5, 5.41) is 0. The van der Waals surface area contributed by atoms with E-state index < -0.39 is 22.6 Å². The van der Waals surface area contributed by atoms with Crippen LogP contribution >= 0.6 is 0 Å². The van der Waals surface area contributed by atoms with Crippen LogP contribution in [0.1, 0.15) is 0 Å². The predicted molar refractivity (Wildman–Crippen MR) is 49.7 cm³/mol. The minimum Gasteiger partial charge on any atom is -0.468 e. The van der Waals surface area contributed by atoms with Gasteiger partial charge in [0, 0.05) is 0 Å².